The van der Waals surface area contributed by atoms with Gasteiger partial charge in [0.15, 0.2) is 11.5 Å². The molecule has 0 aromatic heterocycles. The molecular formula is C16H16N2O4. The quantitative estimate of drug-likeness (QED) is 0.692. The van der Waals surface area contributed by atoms with Gasteiger partial charge >= 0.3 is 0 Å². The van der Waals surface area contributed by atoms with Crippen LogP contribution in [0.4, 0.5) is 11.4 Å². The van der Waals surface area contributed by atoms with E-state index in [1.807, 2.05) is 24.3 Å². The minimum absolute atomic E-state index is 0.0953. The van der Waals surface area contributed by atoms with E-state index in [0.29, 0.717) is 19.8 Å². The minimum Gasteiger partial charge on any atom is -0.490 e. The van der Waals surface area contributed by atoms with Gasteiger partial charge < -0.3 is 14.8 Å². The maximum atomic E-state index is 10.8. The average molecular weight is 300 g/mol. The molecule has 0 spiro atoms. The number of rotatable bonds is 4. The Balaban J connectivity index is 1.70. The molecule has 0 fully saturated rings. The smallest absolute Gasteiger partial charge is 0.269 e. The molecule has 1 aliphatic heterocycles. The Kier molecular flexibility index (Phi) is 4.09. The molecule has 0 atom stereocenters. The van der Waals surface area contributed by atoms with E-state index in [4.69, 9.17) is 9.47 Å². The minimum atomic E-state index is -0.392. The summed E-state index contributed by atoms with van der Waals surface area (Å²) in [4.78, 5) is 10.4. The predicted octanol–water partition coefficient (Wildman–Crippen LogP) is 3.37. The van der Waals surface area contributed by atoms with Crippen LogP contribution >= 0.6 is 0 Å². The maximum absolute atomic E-state index is 10.8. The van der Waals surface area contributed by atoms with Crippen molar-refractivity contribution in [3.63, 3.8) is 0 Å². The molecule has 1 aliphatic rings. The highest BCUT2D eigenvalue weighted by molar-refractivity contribution is 5.55. The Morgan fingerprint density at radius 2 is 1.91 bits per heavy atom. The third-order valence-electron chi connectivity index (χ3n) is 3.37. The lowest BCUT2D eigenvalue weighted by molar-refractivity contribution is -0.384. The van der Waals surface area contributed by atoms with E-state index in [2.05, 4.69) is 5.32 Å². The number of nitrogens with zero attached hydrogens (tertiary/aromatic N) is 1. The molecule has 1 heterocycles. The summed E-state index contributed by atoms with van der Waals surface area (Å²) >= 11 is 0. The van der Waals surface area contributed by atoms with Gasteiger partial charge in [-0.05, 0) is 17.7 Å². The second kappa shape index (κ2) is 6.34. The first kappa shape index (κ1) is 14.2. The van der Waals surface area contributed by atoms with E-state index < -0.39 is 4.92 Å². The van der Waals surface area contributed by atoms with Crippen molar-refractivity contribution in [2.75, 3.05) is 18.5 Å². The zero-order valence-corrected chi connectivity index (χ0v) is 12.0. The van der Waals surface area contributed by atoms with E-state index in [9.17, 15) is 10.1 Å². The average Bonchev–Trinajstić information content (AvgIpc) is 2.78. The number of non-ortho nitro benzene ring substituents is 1. The zero-order valence-electron chi connectivity index (χ0n) is 12.0. The number of ether oxygens (including phenoxy) is 2. The third kappa shape index (κ3) is 3.28. The van der Waals surface area contributed by atoms with Crippen LogP contribution in [0.5, 0.6) is 11.5 Å². The molecule has 0 aliphatic carbocycles. The second-order valence-electron chi connectivity index (χ2n) is 4.99. The first-order valence-electron chi connectivity index (χ1n) is 7.09. The first-order valence-corrected chi connectivity index (χ1v) is 7.09. The van der Waals surface area contributed by atoms with Crippen LogP contribution in [0.25, 0.3) is 0 Å². The Hall–Kier alpha value is -2.76. The number of nitro groups is 1. The van der Waals surface area contributed by atoms with Crippen LogP contribution in [0.15, 0.2) is 42.5 Å². The topological polar surface area (TPSA) is 73.6 Å². The van der Waals surface area contributed by atoms with Crippen molar-refractivity contribution >= 4 is 11.4 Å². The molecule has 0 bridgehead atoms. The van der Waals surface area contributed by atoms with Gasteiger partial charge in [0, 0.05) is 36.9 Å². The standard InChI is InChI=1S/C16H16N2O4/c19-18(20)14-4-1-3-12(9-14)11-17-13-5-6-15-16(10-13)22-8-2-7-21-15/h1,3-6,9-10,17H,2,7-8,11H2. The van der Waals surface area contributed by atoms with Crippen LogP contribution in [0.1, 0.15) is 12.0 Å². The van der Waals surface area contributed by atoms with Gasteiger partial charge in [-0.2, -0.15) is 0 Å². The highest BCUT2D eigenvalue weighted by Crippen LogP contribution is 2.32. The number of hydrogen-bond acceptors (Lipinski definition) is 5. The molecule has 1 N–H and O–H groups in total. The van der Waals surface area contributed by atoms with E-state index in [1.54, 1.807) is 12.1 Å². The van der Waals surface area contributed by atoms with Gasteiger partial charge in [-0.1, -0.05) is 12.1 Å². The van der Waals surface area contributed by atoms with Gasteiger partial charge in [0.25, 0.3) is 5.69 Å². The van der Waals surface area contributed by atoms with E-state index in [-0.39, 0.29) is 5.69 Å². The van der Waals surface area contributed by atoms with Crippen molar-refractivity contribution in [1.29, 1.82) is 0 Å². The lowest BCUT2D eigenvalue weighted by Gasteiger charge is -2.11. The fraction of sp³-hybridized carbons (Fsp3) is 0.250. The van der Waals surface area contributed by atoms with E-state index in [1.165, 1.54) is 6.07 Å². The van der Waals surface area contributed by atoms with Crippen molar-refractivity contribution < 1.29 is 14.4 Å². The number of nitrogens with one attached hydrogen (secondary N) is 1. The molecule has 3 rings (SSSR count). The number of nitro benzene ring substituents is 1. The molecule has 6 nitrogen and oxygen atoms in total. The van der Waals surface area contributed by atoms with E-state index in [0.717, 1.165) is 29.2 Å². The van der Waals surface area contributed by atoms with Crippen molar-refractivity contribution in [2.45, 2.75) is 13.0 Å². The Morgan fingerprint density at radius 1 is 1.09 bits per heavy atom. The largest absolute Gasteiger partial charge is 0.490 e. The van der Waals surface area contributed by atoms with Crippen molar-refractivity contribution in [3.8, 4) is 11.5 Å². The van der Waals surface area contributed by atoms with Crippen LogP contribution in [-0.4, -0.2) is 18.1 Å². The van der Waals surface area contributed by atoms with Crippen LogP contribution in [-0.2, 0) is 6.54 Å². The highest BCUT2D eigenvalue weighted by Gasteiger charge is 2.11. The Labute approximate surface area is 127 Å². The number of anilines is 1. The normalized spacial score (nSPS) is 13.3. The molecule has 0 amide bonds. The lowest BCUT2D eigenvalue weighted by Crippen LogP contribution is -2.01. The summed E-state index contributed by atoms with van der Waals surface area (Å²) in [5.74, 6) is 1.47. The third-order valence-corrected chi connectivity index (χ3v) is 3.37. The molecule has 2 aromatic rings. The van der Waals surface area contributed by atoms with Crippen LogP contribution < -0.4 is 14.8 Å². The second-order valence-corrected chi connectivity index (χ2v) is 4.99. The zero-order chi connectivity index (χ0) is 15.4. The molecule has 6 heteroatoms. The summed E-state index contributed by atoms with van der Waals surface area (Å²) in [6, 6.07) is 12.2. The molecular weight excluding hydrogens is 284 g/mol. The maximum Gasteiger partial charge on any atom is 0.269 e. The Bertz CT molecular complexity index is 688. The number of hydrogen-bond donors (Lipinski definition) is 1. The summed E-state index contributed by atoms with van der Waals surface area (Å²) in [6.07, 6.45) is 0.866. The summed E-state index contributed by atoms with van der Waals surface area (Å²) < 4.78 is 11.2. The van der Waals surface area contributed by atoms with Gasteiger partial charge in [0.2, 0.25) is 0 Å². The summed E-state index contributed by atoms with van der Waals surface area (Å²) in [5, 5.41) is 14.0. The van der Waals surface area contributed by atoms with Crippen molar-refractivity contribution in [3.05, 3.63) is 58.1 Å². The molecule has 0 radical (unpaired) electrons. The van der Waals surface area contributed by atoms with Crippen molar-refractivity contribution in [2.24, 2.45) is 0 Å². The SMILES string of the molecule is O=[N+]([O-])c1cccc(CNc2ccc3c(c2)OCCCO3)c1. The molecule has 0 saturated heterocycles. The molecule has 114 valence electrons. The fourth-order valence-electron chi connectivity index (χ4n) is 2.26. The Morgan fingerprint density at radius 3 is 2.73 bits per heavy atom. The fourth-order valence-corrected chi connectivity index (χ4v) is 2.26. The molecule has 22 heavy (non-hydrogen) atoms. The van der Waals surface area contributed by atoms with Crippen LogP contribution in [0, 0.1) is 10.1 Å². The first-order chi connectivity index (χ1) is 10.7. The highest BCUT2D eigenvalue weighted by atomic mass is 16.6. The number of benzene rings is 2. The van der Waals surface area contributed by atoms with Gasteiger partial charge in [0.05, 0.1) is 18.1 Å². The van der Waals surface area contributed by atoms with Crippen LogP contribution in [0.2, 0.25) is 0 Å². The van der Waals surface area contributed by atoms with E-state index >= 15 is 0 Å². The van der Waals surface area contributed by atoms with Gasteiger partial charge in [-0.15, -0.1) is 0 Å². The van der Waals surface area contributed by atoms with Crippen LogP contribution in [0.3, 0.4) is 0 Å². The molecule has 0 saturated carbocycles. The number of fused-ring (bicyclic) bond motifs is 1. The molecule has 0 unspecified atom stereocenters. The van der Waals surface area contributed by atoms with Gasteiger partial charge in [0.1, 0.15) is 0 Å². The van der Waals surface area contributed by atoms with Gasteiger partial charge in [-0.3, -0.25) is 10.1 Å². The lowest BCUT2D eigenvalue weighted by atomic mass is 10.2. The monoisotopic (exact) mass is 300 g/mol. The summed E-state index contributed by atoms with van der Waals surface area (Å²) in [7, 11) is 0. The van der Waals surface area contributed by atoms with Crippen molar-refractivity contribution in [1.82, 2.24) is 0 Å². The summed E-state index contributed by atoms with van der Waals surface area (Å²) in [6.45, 7) is 1.80. The van der Waals surface area contributed by atoms with Gasteiger partial charge in [-0.25, -0.2) is 0 Å². The summed E-state index contributed by atoms with van der Waals surface area (Å²) in [5.41, 5.74) is 1.83. The predicted molar refractivity (Wildman–Crippen MR) is 82.5 cm³/mol. The molecule has 2 aromatic carbocycles.